The van der Waals surface area contributed by atoms with Gasteiger partial charge in [-0.3, -0.25) is 14.3 Å². The molecular weight excluding hydrogens is 256 g/mol. The maximum atomic E-state index is 12.5. The van der Waals surface area contributed by atoms with Crippen molar-refractivity contribution in [2.45, 2.75) is 26.2 Å². The monoisotopic (exact) mass is 272 g/mol. The van der Waals surface area contributed by atoms with Crippen molar-refractivity contribution in [1.82, 2.24) is 9.78 Å². The summed E-state index contributed by atoms with van der Waals surface area (Å²) in [5, 5.41) is 13.1. The average Bonchev–Trinajstić information content (AvgIpc) is 3.08. The van der Waals surface area contributed by atoms with Gasteiger partial charge < -0.3 is 0 Å². The van der Waals surface area contributed by atoms with Crippen LogP contribution < -0.4 is 4.90 Å². The van der Waals surface area contributed by atoms with E-state index in [4.69, 9.17) is 5.26 Å². The second-order valence-corrected chi connectivity index (χ2v) is 5.59. The van der Waals surface area contributed by atoms with Gasteiger partial charge in [-0.15, -0.1) is 0 Å². The highest BCUT2D eigenvalue weighted by Crippen LogP contribution is 2.45. The van der Waals surface area contributed by atoms with Crippen LogP contribution in [0.5, 0.6) is 0 Å². The molecule has 1 aliphatic carbocycles. The van der Waals surface area contributed by atoms with Crippen LogP contribution in [-0.2, 0) is 16.6 Å². The Morgan fingerprint density at radius 1 is 1.35 bits per heavy atom. The number of carbonyl (C=O) groups is 2. The number of imide groups is 1. The highest BCUT2D eigenvalue weighted by Gasteiger charge is 2.53. The molecule has 0 spiro atoms. The van der Waals surface area contributed by atoms with Crippen molar-refractivity contribution in [2.75, 3.05) is 4.90 Å². The number of aryl methyl sites for hydroxylation is 1. The Balaban J connectivity index is 1.98. The molecule has 1 aromatic heterocycles. The Bertz CT molecular complexity index is 604. The molecular formula is C14H16N4O2. The van der Waals surface area contributed by atoms with Gasteiger partial charge in [0.1, 0.15) is 11.6 Å². The third-order valence-electron chi connectivity index (χ3n) is 4.55. The van der Waals surface area contributed by atoms with Crippen molar-refractivity contribution >= 4 is 17.6 Å². The number of aromatic nitrogens is 2. The third-order valence-corrected chi connectivity index (χ3v) is 4.55. The van der Waals surface area contributed by atoms with Gasteiger partial charge in [-0.25, -0.2) is 4.90 Å². The van der Waals surface area contributed by atoms with Crippen LogP contribution in [0, 0.1) is 29.1 Å². The lowest BCUT2D eigenvalue weighted by Crippen LogP contribution is -2.34. The van der Waals surface area contributed by atoms with Gasteiger partial charge in [0.2, 0.25) is 11.8 Å². The van der Waals surface area contributed by atoms with Crippen molar-refractivity contribution in [3.8, 4) is 6.07 Å². The average molecular weight is 272 g/mol. The fourth-order valence-corrected chi connectivity index (χ4v) is 3.45. The van der Waals surface area contributed by atoms with E-state index in [2.05, 4.69) is 12.0 Å². The fraction of sp³-hybridized carbons (Fsp3) is 0.571. The number of rotatable bonds is 2. The third kappa shape index (κ3) is 1.59. The van der Waals surface area contributed by atoms with E-state index in [1.807, 2.05) is 6.07 Å². The van der Waals surface area contributed by atoms with E-state index in [1.165, 1.54) is 15.8 Å². The maximum Gasteiger partial charge on any atom is 0.238 e. The van der Waals surface area contributed by atoms with Gasteiger partial charge in [0, 0.05) is 7.05 Å². The first-order valence-corrected chi connectivity index (χ1v) is 6.88. The molecule has 2 heterocycles. The van der Waals surface area contributed by atoms with E-state index in [-0.39, 0.29) is 29.2 Å². The van der Waals surface area contributed by atoms with E-state index in [9.17, 15) is 9.59 Å². The summed E-state index contributed by atoms with van der Waals surface area (Å²) in [5.41, 5.74) is 0.265. The van der Waals surface area contributed by atoms with Crippen molar-refractivity contribution in [1.29, 1.82) is 5.26 Å². The first-order chi connectivity index (χ1) is 9.58. The molecule has 0 radical (unpaired) electrons. The normalized spacial score (nSPS) is 28.9. The van der Waals surface area contributed by atoms with E-state index in [0.717, 1.165) is 19.3 Å². The Morgan fingerprint density at radius 2 is 1.95 bits per heavy atom. The summed E-state index contributed by atoms with van der Waals surface area (Å²) < 4.78 is 1.42. The molecule has 1 aromatic rings. The van der Waals surface area contributed by atoms with Gasteiger partial charge in [0.25, 0.3) is 0 Å². The minimum Gasteiger partial charge on any atom is -0.274 e. The number of anilines is 1. The number of hydrogen-bond acceptors (Lipinski definition) is 4. The summed E-state index contributed by atoms with van der Waals surface area (Å²) >= 11 is 0. The largest absolute Gasteiger partial charge is 0.274 e. The molecule has 1 saturated carbocycles. The summed E-state index contributed by atoms with van der Waals surface area (Å²) in [5.74, 6) is 0.00172. The summed E-state index contributed by atoms with van der Waals surface area (Å²) in [6.45, 7) is 2.09. The summed E-state index contributed by atoms with van der Waals surface area (Å²) in [6.07, 6.45) is 3.95. The second-order valence-electron chi connectivity index (χ2n) is 5.59. The molecule has 2 aliphatic rings. The van der Waals surface area contributed by atoms with Gasteiger partial charge in [-0.2, -0.15) is 10.4 Å². The molecule has 2 atom stereocenters. The van der Waals surface area contributed by atoms with E-state index in [0.29, 0.717) is 11.7 Å². The Labute approximate surface area is 117 Å². The molecule has 6 nitrogen and oxygen atoms in total. The molecule has 1 aliphatic heterocycles. The Hall–Kier alpha value is -2.16. The van der Waals surface area contributed by atoms with Gasteiger partial charge in [0.15, 0.2) is 5.82 Å². The molecule has 2 fully saturated rings. The summed E-state index contributed by atoms with van der Waals surface area (Å²) in [4.78, 5) is 26.2. The van der Waals surface area contributed by atoms with Crippen LogP contribution in [0.4, 0.5) is 5.82 Å². The molecule has 0 bridgehead atoms. The smallest absolute Gasteiger partial charge is 0.238 e. The second kappa shape index (κ2) is 4.44. The number of carbonyl (C=O) groups excluding carboxylic acids is 2. The van der Waals surface area contributed by atoms with Crippen molar-refractivity contribution < 1.29 is 9.59 Å². The molecule has 2 unspecified atom stereocenters. The van der Waals surface area contributed by atoms with E-state index < -0.39 is 0 Å². The minimum absolute atomic E-state index is 0.170. The quantitative estimate of drug-likeness (QED) is 0.758. The molecule has 104 valence electrons. The van der Waals surface area contributed by atoms with Crippen LogP contribution in [0.3, 0.4) is 0 Å². The Morgan fingerprint density at radius 3 is 2.45 bits per heavy atom. The first-order valence-electron chi connectivity index (χ1n) is 6.88. The molecule has 0 aromatic carbocycles. The minimum atomic E-state index is -0.214. The highest BCUT2D eigenvalue weighted by atomic mass is 16.2. The number of amides is 2. The van der Waals surface area contributed by atoms with Gasteiger partial charge >= 0.3 is 0 Å². The topological polar surface area (TPSA) is 79.0 Å². The van der Waals surface area contributed by atoms with Gasteiger partial charge in [-0.1, -0.05) is 13.3 Å². The standard InChI is InChI=1S/C14H16N4O2/c1-3-8-4-10-11(5-8)14(20)18(13(10)19)12-9(6-15)7-16-17(12)2/h7-8,10-11H,3-5H2,1-2H3. The zero-order valence-electron chi connectivity index (χ0n) is 11.5. The number of nitrogens with zero attached hydrogens (tertiary/aromatic N) is 4. The first kappa shape index (κ1) is 12.9. The number of hydrogen-bond donors (Lipinski definition) is 0. The lowest BCUT2D eigenvalue weighted by molar-refractivity contribution is -0.123. The van der Waals surface area contributed by atoms with Crippen LogP contribution in [0.25, 0.3) is 0 Å². The van der Waals surface area contributed by atoms with Crippen LogP contribution in [0.2, 0.25) is 0 Å². The van der Waals surface area contributed by atoms with Crippen LogP contribution in [-0.4, -0.2) is 21.6 Å². The van der Waals surface area contributed by atoms with Crippen molar-refractivity contribution in [3.63, 3.8) is 0 Å². The number of nitriles is 1. The summed E-state index contributed by atoms with van der Waals surface area (Å²) in [7, 11) is 1.64. The fourth-order valence-electron chi connectivity index (χ4n) is 3.45. The van der Waals surface area contributed by atoms with Crippen LogP contribution in [0.1, 0.15) is 31.7 Å². The van der Waals surface area contributed by atoms with Gasteiger partial charge in [-0.05, 0) is 18.8 Å². The molecule has 6 heteroatoms. The SMILES string of the molecule is CCC1CC2C(=O)N(c3c(C#N)cnn3C)C(=O)C2C1. The van der Waals surface area contributed by atoms with Crippen LogP contribution >= 0.6 is 0 Å². The van der Waals surface area contributed by atoms with E-state index >= 15 is 0 Å². The van der Waals surface area contributed by atoms with Crippen LogP contribution in [0.15, 0.2) is 6.20 Å². The molecule has 1 saturated heterocycles. The number of fused-ring (bicyclic) bond motifs is 1. The molecule has 20 heavy (non-hydrogen) atoms. The Kier molecular flexibility index (Phi) is 2.85. The van der Waals surface area contributed by atoms with E-state index in [1.54, 1.807) is 7.05 Å². The summed E-state index contributed by atoms with van der Waals surface area (Å²) in [6, 6.07) is 1.99. The maximum absolute atomic E-state index is 12.5. The lowest BCUT2D eigenvalue weighted by atomic mass is 10.00. The molecule has 3 rings (SSSR count). The lowest BCUT2D eigenvalue weighted by Gasteiger charge is -2.17. The zero-order chi connectivity index (χ0) is 14.4. The predicted octanol–water partition coefficient (Wildman–Crippen LogP) is 1.22. The van der Waals surface area contributed by atoms with Gasteiger partial charge in [0.05, 0.1) is 18.0 Å². The van der Waals surface area contributed by atoms with Crippen molar-refractivity contribution in [3.05, 3.63) is 11.8 Å². The molecule has 0 N–H and O–H groups in total. The zero-order valence-corrected chi connectivity index (χ0v) is 11.5. The predicted molar refractivity (Wildman–Crippen MR) is 70.4 cm³/mol. The highest BCUT2D eigenvalue weighted by molar-refractivity contribution is 6.22. The molecule has 2 amide bonds. The van der Waals surface area contributed by atoms with Crippen molar-refractivity contribution in [2.24, 2.45) is 24.8 Å².